The summed E-state index contributed by atoms with van der Waals surface area (Å²) in [5, 5.41) is 15.3. The summed E-state index contributed by atoms with van der Waals surface area (Å²) < 4.78 is 166. The first-order valence-corrected chi connectivity index (χ1v) is 5.46. The summed E-state index contributed by atoms with van der Waals surface area (Å²) in [5.41, 5.74) is 0. The summed E-state index contributed by atoms with van der Waals surface area (Å²) in [6.45, 7) is 0.0584. The molecule has 0 fully saturated rings. The lowest BCUT2D eigenvalue weighted by Gasteiger charge is -2.42. The van der Waals surface area contributed by atoms with Crippen LogP contribution in [0.25, 0.3) is 0 Å². The third-order valence-electron chi connectivity index (χ3n) is 2.88. The van der Waals surface area contributed by atoms with Crippen molar-refractivity contribution in [2.75, 3.05) is 0 Å². The van der Waals surface area contributed by atoms with Crippen molar-refractivity contribution in [2.24, 2.45) is 0 Å². The van der Waals surface area contributed by atoms with Crippen LogP contribution in [0.1, 0.15) is 13.3 Å². The molecule has 0 aliphatic heterocycles. The number of hydrogen-bond donors (Lipinski definition) is 2. The van der Waals surface area contributed by atoms with E-state index in [0.717, 1.165) is 0 Å². The van der Waals surface area contributed by atoms with Gasteiger partial charge in [-0.1, -0.05) is 6.92 Å². The van der Waals surface area contributed by atoms with Crippen LogP contribution in [0.4, 0.5) is 57.1 Å². The second kappa shape index (κ2) is 5.51. The van der Waals surface area contributed by atoms with Crippen molar-refractivity contribution in [2.45, 2.75) is 54.9 Å². The van der Waals surface area contributed by atoms with E-state index in [1.54, 1.807) is 0 Å². The van der Waals surface area contributed by atoms with Gasteiger partial charge in [0.2, 0.25) is 0 Å². The Morgan fingerprint density at radius 2 is 0.750 bits per heavy atom. The van der Waals surface area contributed by atoms with E-state index in [9.17, 15) is 57.1 Å². The molecule has 0 radical (unpaired) electrons. The van der Waals surface area contributed by atoms with Crippen LogP contribution in [0.3, 0.4) is 0 Å². The average Bonchev–Trinajstić information content (AvgIpc) is 2.36. The first-order valence-electron chi connectivity index (χ1n) is 5.46. The van der Waals surface area contributed by atoms with Gasteiger partial charge in [-0.25, -0.2) is 0 Å². The Morgan fingerprint density at radius 1 is 0.500 bits per heavy atom. The Kier molecular flexibility index (Phi) is 5.28. The van der Waals surface area contributed by atoms with Gasteiger partial charge in [-0.3, -0.25) is 0 Å². The normalized spacial score (nSPS) is 16.5. The predicted octanol–water partition coefficient (Wildman–Crippen LogP) is 3.82. The molecule has 0 aromatic heterocycles. The van der Waals surface area contributed by atoms with Crippen LogP contribution in [0, 0.1) is 0 Å². The Balaban J connectivity index is 6.42. The van der Waals surface area contributed by atoms with Crippen LogP contribution in [0.5, 0.6) is 0 Å². The quantitative estimate of drug-likeness (QED) is 0.509. The van der Waals surface area contributed by atoms with Gasteiger partial charge >= 0.3 is 41.6 Å². The molecule has 0 aromatic rings. The van der Waals surface area contributed by atoms with Gasteiger partial charge in [0.15, 0.2) is 0 Å². The smallest absolute Gasteiger partial charge is 0.335 e. The van der Waals surface area contributed by atoms with Gasteiger partial charge in [0, 0.05) is 6.42 Å². The average molecular weight is 394 g/mol. The number of halogens is 13. The molecule has 146 valence electrons. The molecule has 0 aromatic carbocycles. The first kappa shape index (κ1) is 23.0. The summed E-state index contributed by atoms with van der Waals surface area (Å²) in [6, 6.07) is -6.57. The number of aliphatic hydroxyl groups is 2. The van der Waals surface area contributed by atoms with Gasteiger partial charge in [-0.05, 0) is 0 Å². The molecule has 2 N–H and O–H groups in total. The maximum atomic E-state index is 13.0. The molecule has 0 spiro atoms. The van der Waals surface area contributed by atoms with E-state index in [2.05, 4.69) is 0 Å². The van der Waals surface area contributed by atoms with E-state index in [0.29, 0.717) is 0 Å². The highest BCUT2D eigenvalue weighted by Crippen LogP contribution is 2.61. The molecule has 0 aliphatic carbocycles. The van der Waals surface area contributed by atoms with Gasteiger partial charge in [0.25, 0.3) is 0 Å². The first-order chi connectivity index (χ1) is 10.1. The zero-order chi connectivity index (χ0) is 20.2. The molecule has 0 amide bonds. The fraction of sp³-hybridized carbons (Fsp3) is 1.00. The molecule has 0 aliphatic rings. The molecule has 24 heavy (non-hydrogen) atoms. The lowest BCUT2D eigenvalue weighted by molar-refractivity contribution is -0.473. The van der Waals surface area contributed by atoms with Gasteiger partial charge < -0.3 is 10.2 Å². The number of hydrogen-bond acceptors (Lipinski definition) is 2. The zero-order valence-electron chi connectivity index (χ0n) is 11.0. The molecule has 0 bridgehead atoms. The topological polar surface area (TPSA) is 40.5 Å². The van der Waals surface area contributed by atoms with E-state index < -0.39 is 48.0 Å². The van der Waals surface area contributed by atoms with Crippen LogP contribution >= 0.6 is 0 Å². The van der Waals surface area contributed by atoms with Gasteiger partial charge in [0.1, 0.15) is 0 Å². The van der Waals surface area contributed by atoms with Crippen LogP contribution < -0.4 is 0 Å². The monoisotopic (exact) mass is 394 g/mol. The Bertz CT molecular complexity index is 465. The Hall–Kier alpha value is -0.990. The van der Waals surface area contributed by atoms with Crippen LogP contribution in [0.15, 0.2) is 0 Å². The van der Waals surface area contributed by atoms with Crippen molar-refractivity contribution in [1.29, 1.82) is 0 Å². The molecule has 15 heteroatoms. The fourth-order valence-corrected chi connectivity index (χ4v) is 1.24. The largest absolute Gasteiger partial charge is 0.400 e. The van der Waals surface area contributed by atoms with Crippen molar-refractivity contribution in [3.05, 3.63) is 0 Å². The minimum absolute atomic E-state index is 0.0584. The van der Waals surface area contributed by atoms with E-state index >= 15 is 0 Å². The van der Waals surface area contributed by atoms with Crippen molar-refractivity contribution in [3.8, 4) is 0 Å². The molecule has 2 nitrogen and oxygen atoms in total. The standard InChI is InChI=1S/C9H7F13O2/c1-2-3(10,11)4(12,13)5(14,15)6(16,17)7(18,19)8(20,21)9(22,23)24/h23-24H,2H2,1H3. The van der Waals surface area contributed by atoms with E-state index in [4.69, 9.17) is 10.2 Å². The van der Waals surface area contributed by atoms with E-state index in [1.807, 2.05) is 0 Å². The highest BCUT2D eigenvalue weighted by molar-refractivity contribution is 5.12. The molecule has 0 saturated heterocycles. The molecule has 0 atom stereocenters. The maximum Gasteiger partial charge on any atom is 0.400 e. The minimum Gasteiger partial charge on any atom is -0.335 e. The Morgan fingerprint density at radius 3 is 1.00 bits per heavy atom. The maximum absolute atomic E-state index is 13.0. The minimum atomic E-state index is -8.03. The van der Waals surface area contributed by atoms with Crippen LogP contribution in [-0.2, 0) is 0 Å². The molecule has 0 saturated carbocycles. The summed E-state index contributed by atoms with van der Waals surface area (Å²) in [6.07, 6.45) is -2.29. The molecule has 0 unspecified atom stereocenters. The van der Waals surface area contributed by atoms with Crippen molar-refractivity contribution in [3.63, 3.8) is 0 Å². The molecule has 0 heterocycles. The van der Waals surface area contributed by atoms with Gasteiger partial charge in [-0.15, -0.1) is 0 Å². The predicted molar refractivity (Wildman–Crippen MR) is 48.2 cm³/mol. The molecular formula is C9H7F13O2. The Labute approximate surface area is 123 Å². The van der Waals surface area contributed by atoms with Crippen LogP contribution in [0.2, 0.25) is 0 Å². The van der Waals surface area contributed by atoms with Crippen molar-refractivity contribution in [1.82, 2.24) is 0 Å². The summed E-state index contributed by atoms with van der Waals surface area (Å²) >= 11 is 0. The summed E-state index contributed by atoms with van der Waals surface area (Å²) in [4.78, 5) is 0. The number of rotatable bonds is 7. The summed E-state index contributed by atoms with van der Waals surface area (Å²) in [7, 11) is 0. The van der Waals surface area contributed by atoms with Crippen molar-refractivity contribution < 1.29 is 67.3 Å². The number of alkyl halides is 13. The van der Waals surface area contributed by atoms with Gasteiger partial charge in [-0.2, -0.15) is 57.1 Å². The fourth-order valence-electron chi connectivity index (χ4n) is 1.24. The molecular weight excluding hydrogens is 387 g/mol. The third-order valence-corrected chi connectivity index (χ3v) is 2.88. The summed E-state index contributed by atoms with van der Waals surface area (Å²) in [5.74, 6) is -44.6. The highest BCUT2D eigenvalue weighted by atomic mass is 19.4. The zero-order valence-corrected chi connectivity index (χ0v) is 11.0. The van der Waals surface area contributed by atoms with Crippen molar-refractivity contribution >= 4 is 0 Å². The lowest BCUT2D eigenvalue weighted by atomic mass is 9.90. The molecule has 0 rings (SSSR count). The van der Waals surface area contributed by atoms with Crippen LogP contribution in [-0.4, -0.2) is 51.8 Å². The van der Waals surface area contributed by atoms with E-state index in [1.165, 1.54) is 0 Å². The SMILES string of the molecule is CCC(F)(F)C(F)(F)C(F)(F)C(F)(F)C(F)(F)C(F)(F)C(O)(O)F. The second-order valence-corrected chi connectivity index (χ2v) is 4.52. The lowest BCUT2D eigenvalue weighted by Crippen LogP contribution is -2.73. The second-order valence-electron chi connectivity index (χ2n) is 4.52. The van der Waals surface area contributed by atoms with Gasteiger partial charge in [0.05, 0.1) is 0 Å². The highest BCUT2D eigenvalue weighted by Gasteiger charge is 2.92. The van der Waals surface area contributed by atoms with E-state index in [-0.39, 0.29) is 6.92 Å². The third kappa shape index (κ3) is 2.68.